The molecule has 1 atom stereocenters. The Morgan fingerprint density at radius 2 is 1.84 bits per heavy atom. The van der Waals surface area contributed by atoms with E-state index >= 15 is 0 Å². The summed E-state index contributed by atoms with van der Waals surface area (Å²) in [6.45, 7) is 7.85. The molecular formula is C15H23NO3. The number of hydrogen-bond donors (Lipinski definition) is 1. The van der Waals surface area contributed by atoms with Gasteiger partial charge in [-0.3, -0.25) is 0 Å². The van der Waals surface area contributed by atoms with E-state index in [2.05, 4.69) is 26.1 Å². The summed E-state index contributed by atoms with van der Waals surface area (Å²) in [5.41, 5.74) is 0.373. The zero-order valence-electron chi connectivity index (χ0n) is 12.4. The molecule has 1 heterocycles. The third kappa shape index (κ3) is 2.85. The molecule has 106 valence electrons. The van der Waals surface area contributed by atoms with E-state index in [9.17, 15) is 0 Å². The van der Waals surface area contributed by atoms with E-state index in [1.54, 1.807) is 14.2 Å². The van der Waals surface area contributed by atoms with Crippen molar-refractivity contribution in [2.75, 3.05) is 27.3 Å². The van der Waals surface area contributed by atoms with Crippen LogP contribution in [0.3, 0.4) is 0 Å². The van der Waals surface area contributed by atoms with E-state index in [4.69, 9.17) is 14.2 Å². The van der Waals surface area contributed by atoms with Gasteiger partial charge in [0.05, 0.1) is 19.8 Å². The standard InChI is InChI=1S/C15H23NO3/c1-14(2)9-16-10-15(3,19-14)12-8-11(17-4)6-7-13(12)18-5/h6-8,16H,9-10H2,1-5H3. The molecule has 1 aliphatic rings. The van der Waals surface area contributed by atoms with Crippen molar-refractivity contribution in [1.82, 2.24) is 5.32 Å². The molecule has 0 aromatic heterocycles. The first-order valence-electron chi connectivity index (χ1n) is 6.54. The number of benzene rings is 1. The fourth-order valence-electron chi connectivity index (χ4n) is 2.66. The molecule has 1 fully saturated rings. The number of methoxy groups -OCH3 is 2. The normalized spacial score (nSPS) is 25.9. The van der Waals surface area contributed by atoms with Crippen molar-refractivity contribution in [1.29, 1.82) is 0 Å². The van der Waals surface area contributed by atoms with Gasteiger partial charge in [-0.05, 0) is 39.0 Å². The summed E-state index contributed by atoms with van der Waals surface area (Å²) in [6.07, 6.45) is 0. The number of ether oxygens (including phenoxy) is 3. The van der Waals surface area contributed by atoms with Crippen molar-refractivity contribution in [3.8, 4) is 11.5 Å². The molecular weight excluding hydrogens is 242 g/mol. The fourth-order valence-corrected chi connectivity index (χ4v) is 2.66. The molecule has 1 saturated heterocycles. The Morgan fingerprint density at radius 3 is 2.42 bits per heavy atom. The summed E-state index contributed by atoms with van der Waals surface area (Å²) in [7, 11) is 3.34. The lowest BCUT2D eigenvalue weighted by Crippen LogP contribution is -2.55. The largest absolute Gasteiger partial charge is 0.497 e. The van der Waals surface area contributed by atoms with Crippen LogP contribution in [-0.4, -0.2) is 32.9 Å². The Kier molecular flexibility index (Phi) is 3.74. The van der Waals surface area contributed by atoms with Gasteiger partial charge >= 0.3 is 0 Å². The molecule has 1 N–H and O–H groups in total. The number of nitrogens with one attached hydrogen (secondary N) is 1. The maximum absolute atomic E-state index is 6.29. The summed E-state index contributed by atoms with van der Waals surface area (Å²) >= 11 is 0. The average molecular weight is 265 g/mol. The van der Waals surface area contributed by atoms with Crippen molar-refractivity contribution >= 4 is 0 Å². The van der Waals surface area contributed by atoms with E-state index in [1.807, 2.05) is 18.2 Å². The molecule has 0 bridgehead atoms. The Labute approximate surface area is 115 Å². The number of hydrogen-bond acceptors (Lipinski definition) is 4. The first-order chi connectivity index (χ1) is 8.90. The summed E-state index contributed by atoms with van der Waals surface area (Å²) in [4.78, 5) is 0. The maximum atomic E-state index is 6.29. The molecule has 0 amide bonds. The Balaban J connectivity index is 2.43. The van der Waals surface area contributed by atoms with Crippen molar-refractivity contribution in [2.45, 2.75) is 32.0 Å². The summed E-state index contributed by atoms with van der Waals surface area (Å²) < 4.78 is 17.1. The lowest BCUT2D eigenvalue weighted by molar-refractivity contribution is -0.158. The zero-order chi connectivity index (χ0) is 14.1. The monoisotopic (exact) mass is 265 g/mol. The quantitative estimate of drug-likeness (QED) is 0.910. The van der Waals surface area contributed by atoms with Crippen LogP contribution in [0.25, 0.3) is 0 Å². The minimum absolute atomic E-state index is 0.207. The molecule has 0 radical (unpaired) electrons. The third-order valence-electron chi connectivity index (χ3n) is 3.49. The van der Waals surface area contributed by atoms with Gasteiger partial charge in [-0.15, -0.1) is 0 Å². The van der Waals surface area contributed by atoms with Crippen LogP contribution in [0, 0.1) is 0 Å². The number of morpholine rings is 1. The third-order valence-corrected chi connectivity index (χ3v) is 3.49. The molecule has 0 saturated carbocycles. The van der Waals surface area contributed by atoms with Crippen molar-refractivity contribution in [2.24, 2.45) is 0 Å². The molecule has 4 nitrogen and oxygen atoms in total. The van der Waals surface area contributed by atoms with Crippen LogP contribution in [0.15, 0.2) is 18.2 Å². The highest BCUT2D eigenvalue weighted by Crippen LogP contribution is 2.39. The highest BCUT2D eigenvalue weighted by atomic mass is 16.5. The van der Waals surface area contributed by atoms with Crippen molar-refractivity contribution in [3.63, 3.8) is 0 Å². The van der Waals surface area contributed by atoms with Crippen LogP contribution in [-0.2, 0) is 10.3 Å². The highest BCUT2D eigenvalue weighted by molar-refractivity contribution is 5.44. The molecule has 19 heavy (non-hydrogen) atoms. The summed E-state index contributed by atoms with van der Waals surface area (Å²) in [6, 6.07) is 5.80. The van der Waals surface area contributed by atoms with Crippen LogP contribution in [0.1, 0.15) is 26.3 Å². The van der Waals surface area contributed by atoms with Gasteiger partial charge in [0.15, 0.2) is 0 Å². The average Bonchev–Trinajstić information content (AvgIpc) is 2.36. The van der Waals surface area contributed by atoms with Crippen LogP contribution in [0.4, 0.5) is 0 Å². The lowest BCUT2D eigenvalue weighted by Gasteiger charge is -2.44. The second-order valence-electron chi connectivity index (χ2n) is 5.76. The first kappa shape index (κ1) is 14.2. The van der Waals surface area contributed by atoms with E-state index in [0.29, 0.717) is 0 Å². The van der Waals surface area contributed by atoms with Gasteiger partial charge in [0.1, 0.15) is 17.1 Å². The summed E-state index contributed by atoms with van der Waals surface area (Å²) in [5.74, 6) is 1.63. The highest BCUT2D eigenvalue weighted by Gasteiger charge is 2.40. The number of rotatable bonds is 3. The Bertz CT molecular complexity index is 459. The molecule has 2 rings (SSSR count). The maximum Gasteiger partial charge on any atom is 0.125 e. The minimum atomic E-state index is -0.429. The van der Waals surface area contributed by atoms with E-state index < -0.39 is 5.60 Å². The van der Waals surface area contributed by atoms with Crippen LogP contribution in [0.2, 0.25) is 0 Å². The fraction of sp³-hybridized carbons (Fsp3) is 0.600. The molecule has 4 heteroatoms. The van der Waals surface area contributed by atoms with Gasteiger partial charge in [0.25, 0.3) is 0 Å². The van der Waals surface area contributed by atoms with Crippen LogP contribution >= 0.6 is 0 Å². The minimum Gasteiger partial charge on any atom is -0.497 e. The van der Waals surface area contributed by atoms with Gasteiger partial charge in [-0.1, -0.05) is 0 Å². The zero-order valence-corrected chi connectivity index (χ0v) is 12.4. The van der Waals surface area contributed by atoms with E-state index in [1.165, 1.54) is 0 Å². The molecule has 0 spiro atoms. The van der Waals surface area contributed by atoms with Gasteiger partial charge in [-0.2, -0.15) is 0 Å². The van der Waals surface area contributed by atoms with Crippen LogP contribution < -0.4 is 14.8 Å². The lowest BCUT2D eigenvalue weighted by atomic mass is 9.90. The first-order valence-corrected chi connectivity index (χ1v) is 6.54. The van der Waals surface area contributed by atoms with Gasteiger partial charge < -0.3 is 19.5 Å². The predicted molar refractivity (Wildman–Crippen MR) is 74.9 cm³/mol. The molecule has 1 aromatic rings. The van der Waals surface area contributed by atoms with Gasteiger partial charge in [0, 0.05) is 18.7 Å². The molecule has 1 aliphatic heterocycles. The summed E-state index contributed by atoms with van der Waals surface area (Å²) in [5, 5.41) is 3.43. The van der Waals surface area contributed by atoms with Gasteiger partial charge in [0.2, 0.25) is 0 Å². The topological polar surface area (TPSA) is 39.7 Å². The molecule has 0 aliphatic carbocycles. The second kappa shape index (κ2) is 5.02. The molecule has 1 unspecified atom stereocenters. The van der Waals surface area contributed by atoms with Crippen molar-refractivity contribution in [3.05, 3.63) is 23.8 Å². The second-order valence-corrected chi connectivity index (χ2v) is 5.76. The van der Waals surface area contributed by atoms with Gasteiger partial charge in [-0.25, -0.2) is 0 Å². The van der Waals surface area contributed by atoms with E-state index in [0.717, 1.165) is 30.2 Å². The predicted octanol–water partition coefficient (Wildman–Crippen LogP) is 2.32. The smallest absolute Gasteiger partial charge is 0.125 e. The van der Waals surface area contributed by atoms with E-state index in [-0.39, 0.29) is 5.60 Å². The Hall–Kier alpha value is -1.26. The SMILES string of the molecule is COc1ccc(OC)c(C2(C)CNCC(C)(C)O2)c1. The Morgan fingerprint density at radius 1 is 1.11 bits per heavy atom. The molecule has 1 aromatic carbocycles. The van der Waals surface area contributed by atoms with Crippen molar-refractivity contribution < 1.29 is 14.2 Å². The van der Waals surface area contributed by atoms with Crippen LogP contribution in [0.5, 0.6) is 11.5 Å².